The Hall–Kier alpha value is -2.69. The molecule has 0 aliphatic carbocycles. The Morgan fingerprint density at radius 2 is 1.52 bits per heavy atom. The average Bonchev–Trinajstić information content (AvgIpc) is 2.61. The van der Waals surface area contributed by atoms with Crippen molar-refractivity contribution in [1.82, 2.24) is 4.90 Å². The van der Waals surface area contributed by atoms with Crippen LogP contribution in [-0.2, 0) is 11.3 Å². The van der Waals surface area contributed by atoms with E-state index < -0.39 is 0 Å². The van der Waals surface area contributed by atoms with Crippen molar-refractivity contribution in [2.24, 2.45) is 0 Å². The van der Waals surface area contributed by atoms with Gasteiger partial charge in [0.25, 0.3) is 5.91 Å². The monoisotopic (exact) mass is 342 g/mol. The highest BCUT2D eigenvalue weighted by molar-refractivity contribution is 5.77. The maximum Gasteiger partial charge on any atom is 0.260 e. The number of likely N-dealkylation sites (N-methyl/N-ethyl adjacent to an activating group) is 1. The van der Waals surface area contributed by atoms with E-state index in [0.717, 1.165) is 11.3 Å². The van der Waals surface area contributed by atoms with Crippen LogP contribution in [0, 0.1) is 0 Å². The van der Waals surface area contributed by atoms with E-state index in [-0.39, 0.29) is 12.5 Å². The highest BCUT2D eigenvalue weighted by atomic mass is 16.5. The van der Waals surface area contributed by atoms with Gasteiger partial charge in [-0.25, -0.2) is 0 Å². The van der Waals surface area contributed by atoms with E-state index in [0.29, 0.717) is 24.7 Å². The average molecular weight is 342 g/mol. The van der Waals surface area contributed by atoms with Crippen molar-refractivity contribution in [2.45, 2.75) is 13.5 Å². The van der Waals surface area contributed by atoms with Crippen molar-refractivity contribution in [1.29, 1.82) is 0 Å². The molecular formula is C20H26N2O3. The van der Waals surface area contributed by atoms with Crippen LogP contribution >= 0.6 is 0 Å². The predicted octanol–water partition coefficient (Wildman–Crippen LogP) is 3.19. The number of carbonyl (C=O) groups is 1. The SMILES string of the molecule is CCOc1ccccc1OCC(=O)N(C)Cc1ccc(N(C)C)cc1. The first-order chi connectivity index (χ1) is 12.0. The van der Waals surface area contributed by atoms with Crippen LogP contribution in [0.1, 0.15) is 12.5 Å². The number of hydrogen-bond donors (Lipinski definition) is 0. The topological polar surface area (TPSA) is 42.0 Å². The van der Waals surface area contributed by atoms with Crippen LogP contribution in [0.2, 0.25) is 0 Å². The van der Waals surface area contributed by atoms with Gasteiger partial charge in [-0.3, -0.25) is 4.79 Å². The minimum Gasteiger partial charge on any atom is -0.490 e. The van der Waals surface area contributed by atoms with E-state index in [1.54, 1.807) is 18.0 Å². The van der Waals surface area contributed by atoms with Gasteiger partial charge in [-0.05, 0) is 36.8 Å². The molecule has 0 radical (unpaired) electrons. The largest absolute Gasteiger partial charge is 0.490 e. The molecule has 5 nitrogen and oxygen atoms in total. The van der Waals surface area contributed by atoms with Gasteiger partial charge in [0, 0.05) is 33.4 Å². The molecular weight excluding hydrogens is 316 g/mol. The van der Waals surface area contributed by atoms with Gasteiger partial charge in [0.05, 0.1) is 6.61 Å². The Labute approximate surface area is 149 Å². The van der Waals surface area contributed by atoms with Gasteiger partial charge in [-0.15, -0.1) is 0 Å². The molecule has 2 rings (SSSR count). The Bertz CT molecular complexity index is 684. The zero-order valence-corrected chi connectivity index (χ0v) is 15.4. The molecule has 134 valence electrons. The molecule has 0 spiro atoms. The van der Waals surface area contributed by atoms with Gasteiger partial charge < -0.3 is 19.3 Å². The summed E-state index contributed by atoms with van der Waals surface area (Å²) in [5, 5.41) is 0. The van der Waals surface area contributed by atoms with Crippen molar-refractivity contribution in [3.05, 3.63) is 54.1 Å². The highest BCUT2D eigenvalue weighted by Crippen LogP contribution is 2.26. The smallest absolute Gasteiger partial charge is 0.260 e. The Kier molecular flexibility index (Phi) is 6.69. The summed E-state index contributed by atoms with van der Waals surface area (Å²) in [6.07, 6.45) is 0. The van der Waals surface area contributed by atoms with Gasteiger partial charge in [0.2, 0.25) is 0 Å². The van der Waals surface area contributed by atoms with Crippen molar-refractivity contribution in [3.8, 4) is 11.5 Å². The lowest BCUT2D eigenvalue weighted by molar-refractivity contribution is -0.132. The quantitative estimate of drug-likeness (QED) is 0.739. The summed E-state index contributed by atoms with van der Waals surface area (Å²) in [5.74, 6) is 1.16. The van der Waals surface area contributed by atoms with Crippen LogP contribution in [0.4, 0.5) is 5.69 Å². The van der Waals surface area contributed by atoms with Crippen LogP contribution in [0.15, 0.2) is 48.5 Å². The van der Waals surface area contributed by atoms with Gasteiger partial charge in [0.1, 0.15) is 0 Å². The van der Waals surface area contributed by atoms with Gasteiger partial charge >= 0.3 is 0 Å². The van der Waals surface area contributed by atoms with Crippen molar-refractivity contribution >= 4 is 11.6 Å². The van der Waals surface area contributed by atoms with Crippen LogP contribution in [0.3, 0.4) is 0 Å². The normalized spacial score (nSPS) is 10.2. The van der Waals surface area contributed by atoms with Gasteiger partial charge in [0.15, 0.2) is 18.1 Å². The summed E-state index contributed by atoms with van der Waals surface area (Å²) in [5.41, 5.74) is 2.21. The molecule has 0 aliphatic heterocycles. The number of nitrogens with zero attached hydrogens (tertiary/aromatic N) is 2. The summed E-state index contributed by atoms with van der Waals surface area (Å²) >= 11 is 0. The fourth-order valence-corrected chi connectivity index (χ4v) is 2.36. The summed E-state index contributed by atoms with van der Waals surface area (Å²) in [6, 6.07) is 15.5. The van der Waals surface area contributed by atoms with E-state index in [2.05, 4.69) is 0 Å². The number of benzene rings is 2. The van der Waals surface area contributed by atoms with Crippen molar-refractivity contribution < 1.29 is 14.3 Å². The molecule has 0 saturated heterocycles. The number of ether oxygens (including phenoxy) is 2. The Morgan fingerprint density at radius 1 is 0.920 bits per heavy atom. The van der Waals surface area contributed by atoms with E-state index >= 15 is 0 Å². The maximum absolute atomic E-state index is 12.3. The molecule has 5 heteroatoms. The summed E-state index contributed by atoms with van der Waals surface area (Å²) < 4.78 is 11.1. The molecule has 0 aliphatic rings. The summed E-state index contributed by atoms with van der Waals surface area (Å²) in [4.78, 5) is 16.0. The minimum atomic E-state index is -0.0806. The third-order valence-electron chi connectivity index (χ3n) is 3.80. The van der Waals surface area contributed by atoms with E-state index in [1.807, 2.05) is 68.4 Å². The van der Waals surface area contributed by atoms with Crippen LogP contribution < -0.4 is 14.4 Å². The van der Waals surface area contributed by atoms with Crippen LogP contribution in [0.25, 0.3) is 0 Å². The first-order valence-corrected chi connectivity index (χ1v) is 8.36. The molecule has 25 heavy (non-hydrogen) atoms. The number of carbonyl (C=O) groups excluding carboxylic acids is 1. The van der Waals surface area contributed by atoms with E-state index in [4.69, 9.17) is 9.47 Å². The second-order valence-electron chi connectivity index (χ2n) is 5.98. The molecule has 1 amide bonds. The lowest BCUT2D eigenvalue weighted by Gasteiger charge is -2.19. The van der Waals surface area contributed by atoms with Crippen LogP contribution in [-0.4, -0.2) is 45.2 Å². The minimum absolute atomic E-state index is 0.0175. The molecule has 2 aromatic rings. The molecule has 0 saturated carbocycles. The van der Waals surface area contributed by atoms with Crippen molar-refractivity contribution in [2.75, 3.05) is 39.3 Å². The fraction of sp³-hybridized carbons (Fsp3) is 0.350. The second-order valence-corrected chi connectivity index (χ2v) is 5.98. The Balaban J connectivity index is 1.90. The predicted molar refractivity (Wildman–Crippen MR) is 100 cm³/mol. The number of hydrogen-bond acceptors (Lipinski definition) is 4. The summed E-state index contributed by atoms with van der Waals surface area (Å²) in [7, 11) is 5.78. The maximum atomic E-state index is 12.3. The molecule has 0 N–H and O–H groups in total. The first kappa shape index (κ1) is 18.6. The van der Waals surface area contributed by atoms with Gasteiger partial charge in [-0.1, -0.05) is 24.3 Å². The lowest BCUT2D eigenvalue weighted by Crippen LogP contribution is -2.31. The number of rotatable bonds is 8. The van der Waals surface area contributed by atoms with E-state index in [1.165, 1.54) is 0 Å². The second kappa shape index (κ2) is 8.97. The fourth-order valence-electron chi connectivity index (χ4n) is 2.36. The van der Waals surface area contributed by atoms with E-state index in [9.17, 15) is 4.79 Å². The zero-order chi connectivity index (χ0) is 18.2. The molecule has 0 bridgehead atoms. The third kappa shape index (κ3) is 5.41. The standard InChI is InChI=1S/C20H26N2O3/c1-5-24-18-8-6-7-9-19(18)25-15-20(23)22(4)14-16-10-12-17(13-11-16)21(2)3/h6-13H,5,14-15H2,1-4H3. The third-order valence-corrected chi connectivity index (χ3v) is 3.80. The molecule has 0 heterocycles. The number of para-hydroxylation sites is 2. The number of amides is 1. The molecule has 0 atom stereocenters. The lowest BCUT2D eigenvalue weighted by atomic mass is 10.2. The number of anilines is 1. The van der Waals surface area contributed by atoms with Gasteiger partial charge in [-0.2, -0.15) is 0 Å². The first-order valence-electron chi connectivity index (χ1n) is 8.36. The zero-order valence-electron chi connectivity index (χ0n) is 15.4. The molecule has 2 aromatic carbocycles. The Morgan fingerprint density at radius 3 is 2.08 bits per heavy atom. The summed E-state index contributed by atoms with van der Waals surface area (Å²) in [6.45, 7) is 2.99. The molecule has 0 fully saturated rings. The molecule has 0 aromatic heterocycles. The molecule has 0 unspecified atom stereocenters. The highest BCUT2D eigenvalue weighted by Gasteiger charge is 2.12. The van der Waals surface area contributed by atoms with Crippen LogP contribution in [0.5, 0.6) is 11.5 Å². The van der Waals surface area contributed by atoms with Crippen molar-refractivity contribution in [3.63, 3.8) is 0 Å².